The fourth-order valence-electron chi connectivity index (χ4n) is 1.95. The van der Waals surface area contributed by atoms with Crippen molar-refractivity contribution in [2.75, 3.05) is 30.3 Å². The molecule has 0 saturated carbocycles. The number of hydrogen-bond acceptors (Lipinski definition) is 3. The maximum atomic E-state index is 11.2. The van der Waals surface area contributed by atoms with Crippen molar-refractivity contribution in [1.29, 1.82) is 0 Å². The molecule has 2 N–H and O–H groups in total. The van der Waals surface area contributed by atoms with Crippen LogP contribution in [0.2, 0.25) is 0 Å². The molecule has 4 heteroatoms. The van der Waals surface area contributed by atoms with Crippen molar-refractivity contribution < 1.29 is 4.21 Å². The van der Waals surface area contributed by atoms with Crippen LogP contribution in [0.15, 0.2) is 18.2 Å². The lowest BCUT2D eigenvalue weighted by atomic mass is 10.1. The number of rotatable bonds is 2. The molecule has 1 aromatic carbocycles. The van der Waals surface area contributed by atoms with Crippen molar-refractivity contribution in [2.24, 2.45) is 0 Å². The molecule has 0 unspecified atom stereocenters. The van der Waals surface area contributed by atoms with Gasteiger partial charge in [0.1, 0.15) is 0 Å². The topological polar surface area (TPSA) is 46.3 Å². The van der Waals surface area contributed by atoms with Gasteiger partial charge in [-0.15, -0.1) is 0 Å². The molecule has 0 aliphatic carbocycles. The van der Waals surface area contributed by atoms with Crippen molar-refractivity contribution in [3.8, 4) is 0 Å². The molecular formula is C12H18N2OS. The fourth-order valence-corrected chi connectivity index (χ4v) is 3.08. The zero-order valence-corrected chi connectivity index (χ0v) is 10.4. The highest BCUT2D eigenvalue weighted by Crippen LogP contribution is 2.17. The number of anilines is 1. The maximum absolute atomic E-state index is 11.2. The van der Waals surface area contributed by atoms with Crippen molar-refractivity contribution in [2.45, 2.75) is 13.5 Å². The predicted molar refractivity (Wildman–Crippen MR) is 68.7 cm³/mol. The molecule has 0 amide bonds. The summed E-state index contributed by atoms with van der Waals surface area (Å²) < 4.78 is 11.2. The molecule has 1 saturated heterocycles. The molecule has 0 radical (unpaired) electrons. The minimum absolute atomic E-state index is 0.595. The highest BCUT2D eigenvalue weighted by Gasteiger charge is 2.15. The van der Waals surface area contributed by atoms with Crippen LogP contribution >= 0.6 is 0 Å². The van der Waals surface area contributed by atoms with Crippen LogP contribution in [-0.4, -0.2) is 33.7 Å². The lowest BCUT2D eigenvalue weighted by molar-refractivity contribution is 0.291. The molecule has 1 fully saturated rings. The molecule has 0 atom stereocenters. The molecule has 0 spiro atoms. The second-order valence-corrected chi connectivity index (χ2v) is 5.95. The van der Waals surface area contributed by atoms with Crippen LogP contribution in [0, 0.1) is 6.92 Å². The van der Waals surface area contributed by atoms with Gasteiger partial charge in [-0.05, 0) is 24.1 Å². The molecule has 1 aliphatic heterocycles. The zero-order valence-electron chi connectivity index (χ0n) is 9.61. The molecule has 88 valence electrons. The van der Waals surface area contributed by atoms with Gasteiger partial charge < -0.3 is 5.73 Å². The molecule has 0 bridgehead atoms. The zero-order chi connectivity index (χ0) is 11.5. The van der Waals surface area contributed by atoms with Crippen LogP contribution in [0.25, 0.3) is 0 Å². The molecular weight excluding hydrogens is 220 g/mol. The summed E-state index contributed by atoms with van der Waals surface area (Å²) >= 11 is 0. The van der Waals surface area contributed by atoms with E-state index in [1.54, 1.807) is 0 Å². The number of benzene rings is 1. The Morgan fingerprint density at radius 2 is 2.06 bits per heavy atom. The molecule has 3 nitrogen and oxygen atoms in total. The van der Waals surface area contributed by atoms with Gasteiger partial charge in [0.25, 0.3) is 0 Å². The Labute approximate surface area is 99.1 Å². The summed E-state index contributed by atoms with van der Waals surface area (Å²) in [6, 6.07) is 6.06. The summed E-state index contributed by atoms with van der Waals surface area (Å²) in [7, 11) is -0.595. The number of nitrogens with zero attached hydrogens (tertiary/aromatic N) is 1. The van der Waals surface area contributed by atoms with E-state index in [9.17, 15) is 4.21 Å². The third kappa shape index (κ3) is 2.62. The number of nitrogens with two attached hydrogens (primary N) is 1. The van der Waals surface area contributed by atoms with Gasteiger partial charge >= 0.3 is 0 Å². The molecule has 0 aromatic heterocycles. The first-order valence-electron chi connectivity index (χ1n) is 5.58. The van der Waals surface area contributed by atoms with E-state index in [1.807, 2.05) is 12.1 Å². The van der Waals surface area contributed by atoms with E-state index in [2.05, 4.69) is 17.9 Å². The summed E-state index contributed by atoms with van der Waals surface area (Å²) in [6.45, 7) is 4.85. The standard InChI is InChI=1S/C12H18N2OS/c1-10-11(3-2-4-12(10)13)9-14-5-7-16(15)8-6-14/h2-4H,5-9,13H2,1H3. The van der Waals surface area contributed by atoms with Crippen LogP contribution in [0.4, 0.5) is 5.69 Å². The highest BCUT2D eigenvalue weighted by molar-refractivity contribution is 7.85. The largest absolute Gasteiger partial charge is 0.399 e. The smallest absolute Gasteiger partial charge is 0.0363 e. The Kier molecular flexibility index (Phi) is 3.61. The fraction of sp³-hybridized carbons (Fsp3) is 0.500. The monoisotopic (exact) mass is 238 g/mol. The van der Waals surface area contributed by atoms with Crippen LogP contribution in [0.1, 0.15) is 11.1 Å². The van der Waals surface area contributed by atoms with E-state index in [4.69, 9.17) is 5.73 Å². The van der Waals surface area contributed by atoms with Crippen molar-refractivity contribution in [3.63, 3.8) is 0 Å². The average molecular weight is 238 g/mol. The Hall–Kier alpha value is -0.870. The lowest BCUT2D eigenvalue weighted by Crippen LogP contribution is -2.37. The van der Waals surface area contributed by atoms with Crippen LogP contribution in [-0.2, 0) is 17.3 Å². The second-order valence-electron chi connectivity index (χ2n) is 4.26. The van der Waals surface area contributed by atoms with Gasteiger partial charge in [0.2, 0.25) is 0 Å². The minimum atomic E-state index is -0.595. The molecule has 1 aliphatic rings. The SMILES string of the molecule is Cc1c(N)cccc1CN1CCS(=O)CC1. The van der Waals surface area contributed by atoms with E-state index < -0.39 is 10.8 Å². The first-order valence-corrected chi connectivity index (χ1v) is 7.07. The molecule has 2 rings (SSSR count). The van der Waals surface area contributed by atoms with Crippen molar-refractivity contribution in [1.82, 2.24) is 4.90 Å². The minimum Gasteiger partial charge on any atom is -0.399 e. The summed E-state index contributed by atoms with van der Waals surface area (Å²) in [5.41, 5.74) is 9.20. The van der Waals surface area contributed by atoms with E-state index in [1.165, 1.54) is 11.1 Å². The van der Waals surface area contributed by atoms with Crippen LogP contribution in [0.5, 0.6) is 0 Å². The van der Waals surface area contributed by atoms with E-state index >= 15 is 0 Å². The van der Waals surface area contributed by atoms with E-state index in [0.717, 1.165) is 36.8 Å². The number of nitrogen functional groups attached to an aromatic ring is 1. The first-order chi connectivity index (χ1) is 7.66. The van der Waals surface area contributed by atoms with Crippen molar-refractivity contribution >= 4 is 16.5 Å². The van der Waals surface area contributed by atoms with Gasteiger partial charge in [-0.2, -0.15) is 0 Å². The van der Waals surface area contributed by atoms with Crippen LogP contribution in [0.3, 0.4) is 0 Å². The maximum Gasteiger partial charge on any atom is 0.0363 e. The van der Waals surface area contributed by atoms with E-state index in [-0.39, 0.29) is 0 Å². The third-order valence-electron chi connectivity index (χ3n) is 3.15. The summed E-state index contributed by atoms with van der Waals surface area (Å²) in [5.74, 6) is 1.61. The van der Waals surface area contributed by atoms with Gasteiger partial charge in [0, 0.05) is 47.6 Å². The Balaban J connectivity index is 2.04. The second kappa shape index (κ2) is 4.97. The highest BCUT2D eigenvalue weighted by atomic mass is 32.2. The third-order valence-corrected chi connectivity index (χ3v) is 4.43. The normalized spacial score (nSPS) is 18.8. The quantitative estimate of drug-likeness (QED) is 0.786. The first kappa shape index (κ1) is 11.6. The van der Waals surface area contributed by atoms with Gasteiger partial charge in [0.15, 0.2) is 0 Å². The van der Waals surface area contributed by atoms with Gasteiger partial charge in [0.05, 0.1) is 0 Å². The lowest BCUT2D eigenvalue weighted by Gasteiger charge is -2.26. The Morgan fingerprint density at radius 1 is 1.38 bits per heavy atom. The molecule has 1 heterocycles. The van der Waals surface area contributed by atoms with Crippen molar-refractivity contribution in [3.05, 3.63) is 29.3 Å². The predicted octanol–water partition coefficient (Wildman–Crippen LogP) is 1.14. The van der Waals surface area contributed by atoms with Gasteiger partial charge in [-0.25, -0.2) is 0 Å². The van der Waals surface area contributed by atoms with Gasteiger partial charge in [-0.3, -0.25) is 9.11 Å². The summed E-state index contributed by atoms with van der Waals surface area (Å²) in [6.07, 6.45) is 0. The Bertz CT molecular complexity index is 396. The summed E-state index contributed by atoms with van der Waals surface area (Å²) in [5, 5.41) is 0. The molecule has 1 aromatic rings. The molecule has 16 heavy (non-hydrogen) atoms. The average Bonchev–Trinajstić information content (AvgIpc) is 2.28. The Morgan fingerprint density at radius 3 is 2.75 bits per heavy atom. The number of hydrogen-bond donors (Lipinski definition) is 1. The van der Waals surface area contributed by atoms with Gasteiger partial charge in [-0.1, -0.05) is 12.1 Å². The van der Waals surface area contributed by atoms with Crippen LogP contribution < -0.4 is 5.73 Å². The summed E-state index contributed by atoms with van der Waals surface area (Å²) in [4.78, 5) is 2.35. The van der Waals surface area contributed by atoms with E-state index in [0.29, 0.717) is 0 Å².